The van der Waals surface area contributed by atoms with Gasteiger partial charge in [-0.05, 0) is 30.4 Å². The zero-order chi connectivity index (χ0) is 16.0. The highest BCUT2D eigenvalue weighted by atomic mass is 32.2. The number of pyridine rings is 1. The number of sulfone groups is 1. The van der Waals surface area contributed by atoms with Crippen molar-refractivity contribution in [3.8, 4) is 0 Å². The summed E-state index contributed by atoms with van der Waals surface area (Å²) in [7, 11) is -3.04. The molecule has 22 heavy (non-hydrogen) atoms. The van der Waals surface area contributed by atoms with Crippen molar-refractivity contribution in [1.29, 1.82) is 0 Å². The second-order valence-electron chi connectivity index (χ2n) is 7.00. The molecule has 5 nitrogen and oxygen atoms in total. The van der Waals surface area contributed by atoms with E-state index in [2.05, 4.69) is 16.8 Å². The van der Waals surface area contributed by atoms with E-state index in [0.717, 1.165) is 25.2 Å². The molecule has 0 bridgehead atoms. The number of β-amino-alcohol motifs (C(OH)–C–C–N with tert-alkyl or cyclic N) is 1. The predicted molar refractivity (Wildman–Crippen MR) is 86.5 cm³/mol. The van der Waals surface area contributed by atoms with Crippen molar-refractivity contribution in [3.63, 3.8) is 0 Å². The molecule has 3 rings (SSSR count). The van der Waals surface area contributed by atoms with Gasteiger partial charge in [0.2, 0.25) is 0 Å². The molecule has 1 saturated heterocycles. The molecular formula is C16H24N2O3S. The summed E-state index contributed by atoms with van der Waals surface area (Å²) >= 11 is 0. The van der Waals surface area contributed by atoms with Gasteiger partial charge in [0.15, 0.2) is 9.84 Å². The zero-order valence-electron chi connectivity index (χ0n) is 13.2. The van der Waals surface area contributed by atoms with Crippen LogP contribution in [0.3, 0.4) is 0 Å². The molecular weight excluding hydrogens is 300 g/mol. The van der Waals surface area contributed by atoms with Crippen LogP contribution in [0.5, 0.6) is 0 Å². The second-order valence-corrected chi connectivity index (χ2v) is 9.14. The summed E-state index contributed by atoms with van der Waals surface area (Å²) in [5, 5.41) is 11.0. The minimum absolute atomic E-state index is 0.0166. The van der Waals surface area contributed by atoms with Gasteiger partial charge in [-0.15, -0.1) is 0 Å². The van der Waals surface area contributed by atoms with E-state index in [1.54, 1.807) is 6.20 Å². The standard InChI is InChI=1S/C16H24N2O3S/c1-12-9-18(11-16(12,19)14-4-3-5-14)15-7-6-13(8-17-15)10-22(2,20)21/h6-8,12,14,19H,3-5,9-11H2,1-2H3/t12-,16+/m1/s1. The van der Waals surface area contributed by atoms with E-state index < -0.39 is 15.4 Å². The Morgan fingerprint density at radius 3 is 2.64 bits per heavy atom. The normalized spacial score (nSPS) is 29.6. The number of rotatable bonds is 4. The largest absolute Gasteiger partial charge is 0.387 e. The van der Waals surface area contributed by atoms with Crippen molar-refractivity contribution in [3.05, 3.63) is 23.9 Å². The van der Waals surface area contributed by atoms with Gasteiger partial charge < -0.3 is 10.0 Å². The first kappa shape index (κ1) is 15.7. The Kier molecular flexibility index (Phi) is 3.93. The first-order valence-electron chi connectivity index (χ1n) is 7.88. The van der Waals surface area contributed by atoms with Crippen molar-refractivity contribution in [2.75, 3.05) is 24.2 Å². The molecule has 1 saturated carbocycles. The van der Waals surface area contributed by atoms with Gasteiger partial charge in [0.1, 0.15) is 5.82 Å². The van der Waals surface area contributed by atoms with Crippen LogP contribution in [0.2, 0.25) is 0 Å². The molecule has 1 N–H and O–H groups in total. The van der Waals surface area contributed by atoms with Gasteiger partial charge >= 0.3 is 0 Å². The number of hydrogen-bond donors (Lipinski definition) is 1. The first-order chi connectivity index (χ1) is 10.3. The molecule has 0 spiro atoms. The second kappa shape index (κ2) is 5.49. The van der Waals surface area contributed by atoms with Crippen molar-refractivity contribution in [2.24, 2.45) is 11.8 Å². The smallest absolute Gasteiger partial charge is 0.151 e. The van der Waals surface area contributed by atoms with E-state index in [9.17, 15) is 13.5 Å². The third-order valence-electron chi connectivity index (χ3n) is 5.17. The lowest BCUT2D eigenvalue weighted by molar-refractivity contribution is -0.0615. The van der Waals surface area contributed by atoms with E-state index in [1.165, 1.54) is 12.7 Å². The monoisotopic (exact) mass is 324 g/mol. The number of aliphatic hydroxyl groups is 1. The van der Waals surface area contributed by atoms with E-state index in [4.69, 9.17) is 0 Å². The summed E-state index contributed by atoms with van der Waals surface area (Å²) in [6.07, 6.45) is 6.31. The summed E-state index contributed by atoms with van der Waals surface area (Å²) in [5.41, 5.74) is 0.0958. The van der Waals surface area contributed by atoms with Gasteiger partial charge in [0, 0.05) is 31.5 Å². The lowest BCUT2D eigenvalue weighted by Gasteiger charge is -2.41. The Morgan fingerprint density at radius 2 is 2.14 bits per heavy atom. The van der Waals surface area contributed by atoms with Crippen LogP contribution in [0.15, 0.2) is 18.3 Å². The van der Waals surface area contributed by atoms with Gasteiger partial charge in [-0.25, -0.2) is 13.4 Å². The van der Waals surface area contributed by atoms with Crippen LogP contribution >= 0.6 is 0 Å². The number of aromatic nitrogens is 1. The highest BCUT2D eigenvalue weighted by molar-refractivity contribution is 7.89. The fourth-order valence-electron chi connectivity index (χ4n) is 3.62. The average Bonchev–Trinajstić information content (AvgIpc) is 2.62. The quantitative estimate of drug-likeness (QED) is 0.911. The van der Waals surface area contributed by atoms with E-state index in [-0.39, 0.29) is 11.7 Å². The Labute approximate surface area is 132 Å². The molecule has 0 amide bonds. The van der Waals surface area contributed by atoms with E-state index in [1.807, 2.05) is 12.1 Å². The predicted octanol–water partition coefficient (Wildman–Crippen LogP) is 1.61. The van der Waals surface area contributed by atoms with Crippen LogP contribution in [-0.2, 0) is 15.6 Å². The molecule has 122 valence electrons. The summed E-state index contributed by atoms with van der Waals surface area (Å²) < 4.78 is 22.6. The maximum atomic E-state index is 11.3. The van der Waals surface area contributed by atoms with Crippen molar-refractivity contribution in [1.82, 2.24) is 4.98 Å². The van der Waals surface area contributed by atoms with Crippen molar-refractivity contribution < 1.29 is 13.5 Å². The fraction of sp³-hybridized carbons (Fsp3) is 0.688. The van der Waals surface area contributed by atoms with Crippen LogP contribution in [0.1, 0.15) is 31.7 Å². The Balaban J connectivity index is 1.72. The Hall–Kier alpha value is -1.14. The van der Waals surface area contributed by atoms with Crippen molar-refractivity contribution in [2.45, 2.75) is 37.5 Å². The molecule has 0 unspecified atom stereocenters. The Morgan fingerprint density at radius 1 is 1.41 bits per heavy atom. The van der Waals surface area contributed by atoms with Crippen LogP contribution in [0.4, 0.5) is 5.82 Å². The summed E-state index contributed by atoms with van der Waals surface area (Å²) in [4.78, 5) is 6.52. The first-order valence-corrected chi connectivity index (χ1v) is 9.94. The molecule has 1 aliphatic carbocycles. The fourth-order valence-corrected chi connectivity index (χ4v) is 4.40. The lowest BCUT2D eigenvalue weighted by atomic mass is 9.69. The van der Waals surface area contributed by atoms with Crippen LogP contribution < -0.4 is 4.90 Å². The van der Waals surface area contributed by atoms with Gasteiger partial charge in [-0.2, -0.15) is 0 Å². The number of hydrogen-bond acceptors (Lipinski definition) is 5. The molecule has 0 radical (unpaired) electrons. The minimum Gasteiger partial charge on any atom is -0.387 e. The molecule has 2 atom stereocenters. The van der Waals surface area contributed by atoms with Gasteiger partial charge in [0.25, 0.3) is 0 Å². The van der Waals surface area contributed by atoms with Gasteiger partial charge in [0.05, 0.1) is 11.4 Å². The third kappa shape index (κ3) is 2.99. The summed E-state index contributed by atoms with van der Waals surface area (Å²) in [6, 6.07) is 3.68. The maximum absolute atomic E-state index is 11.3. The van der Waals surface area contributed by atoms with Crippen LogP contribution in [0.25, 0.3) is 0 Å². The van der Waals surface area contributed by atoms with E-state index in [0.29, 0.717) is 18.0 Å². The summed E-state index contributed by atoms with van der Waals surface area (Å²) in [6.45, 7) is 3.53. The highest BCUT2D eigenvalue weighted by Crippen LogP contribution is 2.44. The maximum Gasteiger partial charge on any atom is 0.151 e. The molecule has 1 aliphatic heterocycles. The highest BCUT2D eigenvalue weighted by Gasteiger charge is 2.50. The zero-order valence-corrected chi connectivity index (χ0v) is 14.0. The molecule has 2 fully saturated rings. The Bertz CT molecular complexity index is 640. The van der Waals surface area contributed by atoms with Crippen molar-refractivity contribution >= 4 is 15.7 Å². The number of anilines is 1. The molecule has 0 aromatic carbocycles. The van der Waals surface area contributed by atoms with Gasteiger partial charge in [-0.3, -0.25) is 0 Å². The topological polar surface area (TPSA) is 70.5 Å². The SMILES string of the molecule is C[C@@H]1CN(c2ccc(CS(C)(=O)=O)cn2)C[C@@]1(O)C1CCC1. The molecule has 1 aromatic rings. The molecule has 2 heterocycles. The molecule has 2 aliphatic rings. The average molecular weight is 324 g/mol. The molecule has 6 heteroatoms. The van der Waals surface area contributed by atoms with Crippen LogP contribution in [0, 0.1) is 11.8 Å². The van der Waals surface area contributed by atoms with Crippen LogP contribution in [-0.4, -0.2) is 43.5 Å². The number of nitrogens with zero attached hydrogens (tertiary/aromatic N) is 2. The van der Waals surface area contributed by atoms with E-state index >= 15 is 0 Å². The summed E-state index contributed by atoms with van der Waals surface area (Å²) in [5.74, 6) is 1.48. The lowest BCUT2D eigenvalue weighted by Crippen LogP contribution is -2.47. The minimum atomic E-state index is -3.04. The van der Waals surface area contributed by atoms with Gasteiger partial charge in [-0.1, -0.05) is 19.4 Å². The molecule has 1 aromatic heterocycles. The third-order valence-corrected chi connectivity index (χ3v) is 6.02.